The van der Waals surface area contributed by atoms with Gasteiger partial charge >= 0.3 is 6.03 Å². The van der Waals surface area contributed by atoms with Gasteiger partial charge in [0.15, 0.2) is 11.6 Å². The molecule has 0 spiro atoms. The highest BCUT2D eigenvalue weighted by Gasteiger charge is 2.14. The van der Waals surface area contributed by atoms with E-state index < -0.39 is 29.5 Å². The molecule has 0 fully saturated rings. The minimum Gasteiger partial charge on any atom is -0.389 e. The molecule has 3 N–H and O–H groups in total. The van der Waals surface area contributed by atoms with Gasteiger partial charge in [0.1, 0.15) is 5.69 Å². The second-order valence-electron chi connectivity index (χ2n) is 5.16. The van der Waals surface area contributed by atoms with E-state index in [0.717, 1.165) is 12.1 Å². The number of ether oxygens (including phenoxy) is 1. The molecule has 0 radical (unpaired) electrons. The van der Waals surface area contributed by atoms with Gasteiger partial charge in [-0.2, -0.15) is 0 Å². The van der Waals surface area contributed by atoms with E-state index in [1.54, 1.807) is 0 Å². The minimum absolute atomic E-state index is 0.0577. The van der Waals surface area contributed by atoms with Crippen LogP contribution in [-0.2, 0) is 4.74 Å². The molecule has 0 aromatic heterocycles. The first kappa shape index (κ1) is 18.6. The number of hydrogen-bond acceptors (Lipinski definition) is 3. The highest BCUT2D eigenvalue weighted by Crippen LogP contribution is 2.23. The third-order valence-corrected chi connectivity index (χ3v) is 2.72. The fourth-order valence-electron chi connectivity index (χ4n) is 1.53. The third kappa shape index (κ3) is 6.55. The van der Waals surface area contributed by atoms with E-state index in [9.17, 15) is 18.7 Å². The fraction of sp³-hybridized carbons (Fsp3) is 0.500. The summed E-state index contributed by atoms with van der Waals surface area (Å²) in [5.74, 6) is -1.64. The van der Waals surface area contributed by atoms with Gasteiger partial charge in [0.05, 0.1) is 12.7 Å². The maximum Gasteiger partial charge on any atom is 0.319 e. The predicted molar refractivity (Wildman–Crippen MR) is 80.1 cm³/mol. The van der Waals surface area contributed by atoms with Crippen molar-refractivity contribution in [1.29, 1.82) is 0 Å². The molecule has 1 atom stereocenters. The van der Waals surface area contributed by atoms with Crippen molar-refractivity contribution in [3.05, 3.63) is 28.8 Å². The molecule has 8 heteroatoms. The maximum absolute atomic E-state index is 13.5. The van der Waals surface area contributed by atoms with Crippen LogP contribution >= 0.6 is 11.6 Å². The molecule has 0 heterocycles. The quantitative estimate of drug-likeness (QED) is 0.717. The summed E-state index contributed by atoms with van der Waals surface area (Å²) in [5, 5.41) is 13.8. The van der Waals surface area contributed by atoms with E-state index in [1.807, 2.05) is 19.2 Å². The van der Waals surface area contributed by atoms with Crippen LogP contribution in [-0.4, -0.2) is 37.0 Å². The SMILES string of the molecule is CC(C)COCC(O)CNC(=O)Nc1c(F)cc(Cl)cc1F. The van der Waals surface area contributed by atoms with E-state index in [0.29, 0.717) is 12.5 Å². The Morgan fingerprint density at radius 3 is 2.45 bits per heavy atom. The van der Waals surface area contributed by atoms with Crippen molar-refractivity contribution < 1.29 is 23.4 Å². The number of anilines is 1. The van der Waals surface area contributed by atoms with Crippen LogP contribution in [0.5, 0.6) is 0 Å². The smallest absolute Gasteiger partial charge is 0.319 e. The lowest BCUT2D eigenvalue weighted by atomic mass is 10.2. The Hall–Kier alpha value is -1.44. The van der Waals surface area contributed by atoms with Crippen molar-refractivity contribution in [2.45, 2.75) is 20.0 Å². The molecule has 0 saturated carbocycles. The van der Waals surface area contributed by atoms with Crippen LogP contribution in [0.25, 0.3) is 0 Å². The van der Waals surface area contributed by atoms with Crippen molar-refractivity contribution in [1.82, 2.24) is 5.32 Å². The number of urea groups is 1. The van der Waals surface area contributed by atoms with Crippen LogP contribution in [0.2, 0.25) is 5.02 Å². The second kappa shape index (κ2) is 8.87. The number of hydrogen-bond donors (Lipinski definition) is 3. The van der Waals surface area contributed by atoms with E-state index in [2.05, 4.69) is 5.32 Å². The molecule has 22 heavy (non-hydrogen) atoms. The number of rotatable bonds is 7. The molecule has 2 amide bonds. The molecular formula is C14H19ClF2N2O3. The zero-order chi connectivity index (χ0) is 16.7. The van der Waals surface area contributed by atoms with Crippen LogP contribution < -0.4 is 10.6 Å². The molecule has 1 rings (SSSR count). The highest BCUT2D eigenvalue weighted by atomic mass is 35.5. The number of aliphatic hydroxyl groups excluding tert-OH is 1. The summed E-state index contributed by atoms with van der Waals surface area (Å²) < 4.78 is 32.2. The first-order chi connectivity index (χ1) is 10.3. The van der Waals surface area contributed by atoms with Gasteiger partial charge < -0.3 is 20.5 Å². The standard InChI is InChI=1S/C14H19ClF2N2O3/c1-8(2)6-22-7-10(20)5-18-14(21)19-13-11(16)3-9(15)4-12(13)17/h3-4,8,10,20H,5-7H2,1-2H3,(H2,18,19,21). The van der Waals surface area contributed by atoms with Gasteiger partial charge in [-0.3, -0.25) is 0 Å². The summed E-state index contributed by atoms with van der Waals surface area (Å²) in [4.78, 5) is 11.5. The molecule has 0 aliphatic heterocycles. The van der Waals surface area contributed by atoms with E-state index in [-0.39, 0.29) is 18.2 Å². The van der Waals surface area contributed by atoms with Crippen LogP contribution in [0.3, 0.4) is 0 Å². The zero-order valence-electron chi connectivity index (χ0n) is 12.3. The van der Waals surface area contributed by atoms with Gasteiger partial charge in [-0.15, -0.1) is 0 Å². The largest absolute Gasteiger partial charge is 0.389 e. The number of halogens is 3. The molecule has 1 unspecified atom stereocenters. The number of amides is 2. The summed E-state index contributed by atoms with van der Waals surface area (Å²) >= 11 is 5.48. The molecule has 1 aromatic carbocycles. The van der Waals surface area contributed by atoms with E-state index in [1.165, 1.54) is 0 Å². The molecule has 0 saturated heterocycles. The molecule has 1 aromatic rings. The average molecular weight is 337 g/mol. The predicted octanol–water partition coefficient (Wildman–Crippen LogP) is 2.77. The Morgan fingerprint density at radius 2 is 1.91 bits per heavy atom. The average Bonchev–Trinajstić information content (AvgIpc) is 2.40. The van der Waals surface area contributed by atoms with Gasteiger partial charge in [-0.25, -0.2) is 13.6 Å². The van der Waals surface area contributed by atoms with E-state index in [4.69, 9.17) is 16.3 Å². The maximum atomic E-state index is 13.5. The summed E-state index contributed by atoms with van der Waals surface area (Å²) in [6.07, 6.45) is -0.913. The van der Waals surface area contributed by atoms with Gasteiger partial charge in [0.25, 0.3) is 0 Å². The first-order valence-corrected chi connectivity index (χ1v) is 7.12. The van der Waals surface area contributed by atoms with Crippen molar-refractivity contribution in [2.75, 3.05) is 25.1 Å². The van der Waals surface area contributed by atoms with Gasteiger partial charge in [-0.1, -0.05) is 25.4 Å². The number of aliphatic hydroxyl groups is 1. The lowest BCUT2D eigenvalue weighted by Gasteiger charge is -2.14. The summed E-state index contributed by atoms with van der Waals surface area (Å²) in [7, 11) is 0. The van der Waals surface area contributed by atoms with E-state index >= 15 is 0 Å². The number of carbonyl (C=O) groups excluding carboxylic acids is 1. The van der Waals surface area contributed by atoms with Crippen LogP contribution in [0.1, 0.15) is 13.8 Å². The Kier molecular flexibility index (Phi) is 7.50. The third-order valence-electron chi connectivity index (χ3n) is 2.51. The van der Waals surface area contributed by atoms with Gasteiger partial charge in [0, 0.05) is 18.2 Å². The Balaban J connectivity index is 2.41. The highest BCUT2D eigenvalue weighted by molar-refractivity contribution is 6.30. The monoisotopic (exact) mass is 336 g/mol. The van der Waals surface area contributed by atoms with Gasteiger partial charge in [0.2, 0.25) is 0 Å². The first-order valence-electron chi connectivity index (χ1n) is 6.74. The molecule has 124 valence electrons. The molecule has 5 nitrogen and oxygen atoms in total. The molecular weight excluding hydrogens is 318 g/mol. The summed E-state index contributed by atoms with van der Waals surface area (Å²) in [6, 6.07) is 0.923. The molecule has 0 bridgehead atoms. The lowest BCUT2D eigenvalue weighted by Crippen LogP contribution is -2.37. The van der Waals surface area contributed by atoms with Crippen LogP contribution in [0, 0.1) is 17.6 Å². The zero-order valence-corrected chi connectivity index (χ0v) is 13.1. The van der Waals surface area contributed by atoms with Crippen molar-refractivity contribution in [3.63, 3.8) is 0 Å². The number of nitrogens with one attached hydrogen (secondary N) is 2. The minimum atomic E-state index is -0.985. The Bertz CT molecular complexity index is 492. The summed E-state index contributed by atoms with van der Waals surface area (Å²) in [6.45, 7) is 4.37. The molecule has 0 aliphatic rings. The van der Waals surface area contributed by atoms with Crippen molar-refractivity contribution >= 4 is 23.3 Å². The lowest BCUT2D eigenvalue weighted by molar-refractivity contribution is 0.0274. The second-order valence-corrected chi connectivity index (χ2v) is 5.60. The van der Waals surface area contributed by atoms with Crippen molar-refractivity contribution in [3.8, 4) is 0 Å². The van der Waals surface area contributed by atoms with Gasteiger partial charge in [-0.05, 0) is 18.1 Å². The van der Waals surface area contributed by atoms with Crippen LogP contribution in [0.15, 0.2) is 12.1 Å². The fourth-order valence-corrected chi connectivity index (χ4v) is 1.72. The van der Waals surface area contributed by atoms with Crippen LogP contribution in [0.4, 0.5) is 19.3 Å². The molecule has 0 aliphatic carbocycles. The normalized spacial score (nSPS) is 12.3. The summed E-state index contributed by atoms with van der Waals surface area (Å²) in [5.41, 5.74) is -0.604. The Morgan fingerprint density at radius 1 is 1.32 bits per heavy atom. The number of benzene rings is 1. The van der Waals surface area contributed by atoms with Crippen molar-refractivity contribution in [2.24, 2.45) is 5.92 Å². The Labute approximate surface area is 132 Å². The number of carbonyl (C=O) groups is 1. The topological polar surface area (TPSA) is 70.6 Å².